The van der Waals surface area contributed by atoms with E-state index in [2.05, 4.69) is 21.5 Å². The first-order valence-electron chi connectivity index (χ1n) is 6.89. The first kappa shape index (κ1) is 12.8. The highest BCUT2D eigenvalue weighted by molar-refractivity contribution is 5.32. The Morgan fingerprint density at radius 1 is 1.35 bits per heavy atom. The molecule has 5 nitrogen and oxygen atoms in total. The van der Waals surface area contributed by atoms with Crippen LogP contribution in [0.4, 0.5) is 0 Å². The molecule has 1 fully saturated rings. The van der Waals surface area contributed by atoms with Gasteiger partial charge in [-0.05, 0) is 18.4 Å². The van der Waals surface area contributed by atoms with Crippen LogP contribution in [0, 0.1) is 11.3 Å². The van der Waals surface area contributed by atoms with Gasteiger partial charge in [-0.25, -0.2) is 4.98 Å². The maximum absolute atomic E-state index is 9.78. The predicted octanol–water partition coefficient (Wildman–Crippen LogP) is 1.84. The summed E-state index contributed by atoms with van der Waals surface area (Å²) in [7, 11) is 0. The molecule has 102 valence electrons. The van der Waals surface area contributed by atoms with Gasteiger partial charge in [0.1, 0.15) is 18.2 Å². The van der Waals surface area contributed by atoms with E-state index >= 15 is 0 Å². The van der Waals surface area contributed by atoms with Crippen LogP contribution in [0.3, 0.4) is 0 Å². The second kappa shape index (κ2) is 5.43. The molecule has 1 heterocycles. The van der Waals surface area contributed by atoms with Crippen molar-refractivity contribution in [2.24, 2.45) is 0 Å². The van der Waals surface area contributed by atoms with E-state index < -0.39 is 5.54 Å². The summed E-state index contributed by atoms with van der Waals surface area (Å²) in [6.07, 6.45) is 6.18. The van der Waals surface area contributed by atoms with Crippen LogP contribution in [0.15, 0.2) is 43.0 Å². The van der Waals surface area contributed by atoms with Crippen LogP contribution in [0.5, 0.6) is 0 Å². The van der Waals surface area contributed by atoms with Gasteiger partial charge in [-0.15, -0.1) is 0 Å². The Morgan fingerprint density at radius 3 is 2.75 bits per heavy atom. The molecule has 0 amide bonds. The number of nitriles is 1. The lowest BCUT2D eigenvalue weighted by atomic mass is 9.87. The average Bonchev–Trinajstić information content (AvgIpc) is 3.16. The summed E-state index contributed by atoms with van der Waals surface area (Å²) in [6.45, 7) is 0.669. The highest BCUT2D eigenvalue weighted by Crippen LogP contribution is 2.31. The van der Waals surface area contributed by atoms with Crippen molar-refractivity contribution < 1.29 is 0 Å². The third-order valence-electron chi connectivity index (χ3n) is 3.67. The van der Waals surface area contributed by atoms with Crippen LogP contribution in [0.2, 0.25) is 0 Å². The van der Waals surface area contributed by atoms with Crippen molar-refractivity contribution in [2.75, 3.05) is 0 Å². The largest absolute Gasteiger partial charge is 0.293 e. The second-order valence-electron chi connectivity index (χ2n) is 5.21. The molecule has 0 radical (unpaired) electrons. The molecule has 1 atom stereocenters. The Hall–Kier alpha value is -2.19. The van der Waals surface area contributed by atoms with Crippen LogP contribution in [0.25, 0.3) is 0 Å². The van der Waals surface area contributed by atoms with Crippen LogP contribution in [0.1, 0.15) is 24.8 Å². The number of nitrogens with one attached hydrogen (secondary N) is 1. The topological polar surface area (TPSA) is 66.5 Å². The van der Waals surface area contributed by atoms with Gasteiger partial charge in [0.25, 0.3) is 0 Å². The normalized spacial score (nSPS) is 17.4. The zero-order chi connectivity index (χ0) is 13.8. The van der Waals surface area contributed by atoms with E-state index in [1.165, 1.54) is 6.33 Å². The molecule has 0 spiro atoms. The molecule has 1 aromatic carbocycles. The predicted molar refractivity (Wildman–Crippen MR) is 74.5 cm³/mol. The molecular formula is C15H17N5. The van der Waals surface area contributed by atoms with E-state index in [0.29, 0.717) is 19.0 Å². The summed E-state index contributed by atoms with van der Waals surface area (Å²) >= 11 is 0. The smallest absolute Gasteiger partial charge is 0.137 e. The molecule has 1 unspecified atom stereocenters. The number of aryl methyl sites for hydroxylation is 1. The molecule has 20 heavy (non-hydrogen) atoms. The van der Waals surface area contributed by atoms with Gasteiger partial charge in [-0.1, -0.05) is 30.3 Å². The van der Waals surface area contributed by atoms with Crippen LogP contribution in [-0.2, 0) is 12.1 Å². The lowest BCUT2D eigenvalue weighted by molar-refractivity contribution is 0.360. The van der Waals surface area contributed by atoms with Gasteiger partial charge < -0.3 is 0 Å². The quantitative estimate of drug-likeness (QED) is 0.867. The van der Waals surface area contributed by atoms with Crippen molar-refractivity contribution in [1.29, 1.82) is 5.26 Å². The van der Waals surface area contributed by atoms with Crippen molar-refractivity contribution in [1.82, 2.24) is 20.1 Å². The SMILES string of the molecule is N#CC(CCn1cncn1)(NC1CC1)c1ccccc1. The fourth-order valence-electron chi connectivity index (χ4n) is 2.38. The van der Waals surface area contributed by atoms with Crippen molar-refractivity contribution in [2.45, 2.75) is 37.4 Å². The lowest BCUT2D eigenvalue weighted by Gasteiger charge is -2.28. The Balaban J connectivity index is 1.83. The minimum atomic E-state index is -0.644. The van der Waals surface area contributed by atoms with Crippen LogP contribution in [-0.4, -0.2) is 20.8 Å². The molecule has 1 aromatic heterocycles. The third kappa shape index (κ3) is 2.70. The van der Waals surface area contributed by atoms with Gasteiger partial charge in [-0.3, -0.25) is 10.00 Å². The van der Waals surface area contributed by atoms with Gasteiger partial charge in [-0.2, -0.15) is 10.4 Å². The molecule has 0 saturated heterocycles. The van der Waals surface area contributed by atoms with E-state index in [1.807, 2.05) is 30.3 Å². The Morgan fingerprint density at radius 2 is 2.15 bits per heavy atom. The number of hydrogen-bond donors (Lipinski definition) is 1. The minimum absolute atomic E-state index is 0.464. The number of nitrogens with zero attached hydrogens (tertiary/aromatic N) is 4. The molecule has 0 bridgehead atoms. The summed E-state index contributed by atoms with van der Waals surface area (Å²) in [6, 6.07) is 12.9. The first-order valence-corrected chi connectivity index (χ1v) is 6.89. The zero-order valence-electron chi connectivity index (χ0n) is 11.2. The standard InChI is InChI=1S/C15H17N5/c16-10-15(19-14-6-7-14,13-4-2-1-3-5-13)8-9-20-12-17-11-18-20/h1-5,11-12,14,19H,6-9H2. The third-order valence-corrected chi connectivity index (χ3v) is 3.67. The molecule has 5 heteroatoms. The average molecular weight is 267 g/mol. The van der Waals surface area contributed by atoms with Gasteiger partial charge in [0.15, 0.2) is 0 Å². The van der Waals surface area contributed by atoms with E-state index in [9.17, 15) is 5.26 Å². The molecule has 1 saturated carbocycles. The molecular weight excluding hydrogens is 250 g/mol. The minimum Gasteiger partial charge on any atom is -0.293 e. The molecule has 0 aliphatic heterocycles. The van der Waals surface area contributed by atoms with Gasteiger partial charge in [0.2, 0.25) is 0 Å². The number of aromatic nitrogens is 3. The maximum Gasteiger partial charge on any atom is 0.137 e. The fourth-order valence-corrected chi connectivity index (χ4v) is 2.38. The van der Waals surface area contributed by atoms with Crippen LogP contribution < -0.4 is 5.32 Å². The Bertz CT molecular complexity index is 582. The first-order chi connectivity index (χ1) is 9.82. The van der Waals surface area contributed by atoms with Crippen molar-refractivity contribution in [3.63, 3.8) is 0 Å². The van der Waals surface area contributed by atoms with E-state index in [1.54, 1.807) is 11.0 Å². The Kier molecular flexibility index (Phi) is 3.48. The van der Waals surface area contributed by atoms with Gasteiger partial charge in [0.05, 0.1) is 6.07 Å². The molecule has 3 rings (SSSR count). The number of rotatable bonds is 6. The maximum atomic E-state index is 9.78. The zero-order valence-corrected chi connectivity index (χ0v) is 11.2. The fraction of sp³-hybridized carbons (Fsp3) is 0.400. The molecule has 1 aliphatic rings. The monoisotopic (exact) mass is 267 g/mol. The second-order valence-corrected chi connectivity index (χ2v) is 5.21. The Labute approximate surface area is 118 Å². The lowest BCUT2D eigenvalue weighted by Crippen LogP contribution is -2.43. The summed E-state index contributed by atoms with van der Waals surface area (Å²) in [5, 5.41) is 17.4. The summed E-state index contributed by atoms with van der Waals surface area (Å²) in [4.78, 5) is 3.94. The molecule has 2 aromatic rings. The molecule has 1 N–H and O–H groups in total. The van der Waals surface area contributed by atoms with Gasteiger partial charge in [0, 0.05) is 19.0 Å². The highest BCUT2D eigenvalue weighted by Gasteiger charge is 2.37. The summed E-state index contributed by atoms with van der Waals surface area (Å²) in [5.41, 5.74) is 0.378. The van der Waals surface area contributed by atoms with Crippen molar-refractivity contribution in [3.05, 3.63) is 48.5 Å². The van der Waals surface area contributed by atoms with Gasteiger partial charge >= 0.3 is 0 Å². The van der Waals surface area contributed by atoms with Crippen molar-refractivity contribution in [3.8, 4) is 6.07 Å². The van der Waals surface area contributed by atoms with E-state index in [0.717, 1.165) is 18.4 Å². The summed E-state index contributed by atoms with van der Waals surface area (Å²) < 4.78 is 1.77. The molecule has 1 aliphatic carbocycles. The highest BCUT2D eigenvalue weighted by atomic mass is 15.3. The van der Waals surface area contributed by atoms with E-state index in [4.69, 9.17) is 0 Å². The van der Waals surface area contributed by atoms with Crippen LogP contribution >= 0.6 is 0 Å². The number of benzene rings is 1. The van der Waals surface area contributed by atoms with Crippen molar-refractivity contribution >= 4 is 0 Å². The number of hydrogen-bond acceptors (Lipinski definition) is 4. The summed E-state index contributed by atoms with van der Waals surface area (Å²) in [5.74, 6) is 0. The van der Waals surface area contributed by atoms with E-state index in [-0.39, 0.29) is 0 Å².